The van der Waals surface area contributed by atoms with E-state index in [1.54, 1.807) is 18.6 Å². The number of nitrogens with one attached hydrogen (secondary N) is 1. The molecule has 1 rings (SSSR count). The summed E-state index contributed by atoms with van der Waals surface area (Å²) in [6, 6.07) is -0.434. The molecular formula is C14H25N3O4S. The Hall–Kier alpha value is -0.770. The van der Waals surface area contributed by atoms with Gasteiger partial charge in [-0.1, -0.05) is 0 Å². The number of aromatic nitrogens is 2. The van der Waals surface area contributed by atoms with Crippen molar-refractivity contribution in [3.8, 4) is 0 Å². The zero-order valence-electron chi connectivity index (χ0n) is 13.6. The number of rotatable bonds is 8. The van der Waals surface area contributed by atoms with Crippen LogP contribution in [0.4, 0.5) is 0 Å². The Morgan fingerprint density at radius 2 is 1.95 bits per heavy atom. The molecule has 2 N–H and O–H groups in total. The van der Waals surface area contributed by atoms with Crippen molar-refractivity contribution in [1.82, 2.24) is 14.7 Å². The third-order valence-corrected chi connectivity index (χ3v) is 4.61. The fourth-order valence-electron chi connectivity index (χ4n) is 1.79. The summed E-state index contributed by atoms with van der Waals surface area (Å²) in [5, 5.41) is 10.2. The molecule has 7 nitrogen and oxygen atoms in total. The van der Waals surface area contributed by atoms with E-state index in [-0.39, 0.29) is 6.42 Å². The minimum atomic E-state index is -1.31. The van der Waals surface area contributed by atoms with E-state index in [2.05, 4.69) is 14.7 Å². The van der Waals surface area contributed by atoms with Crippen LogP contribution in [0, 0.1) is 0 Å². The second kappa shape index (κ2) is 8.76. The number of aliphatic hydroxyl groups excluding tert-OH is 1. The molecular weight excluding hydrogens is 306 g/mol. The van der Waals surface area contributed by atoms with E-state index >= 15 is 0 Å². The lowest BCUT2D eigenvalue weighted by molar-refractivity contribution is -0.167. The van der Waals surface area contributed by atoms with Gasteiger partial charge in [-0.25, -0.2) is 0 Å². The highest BCUT2D eigenvalue weighted by molar-refractivity contribution is 7.90. The molecule has 0 saturated heterocycles. The molecule has 0 spiro atoms. The maximum Gasteiger partial charge on any atom is 0.182 e. The van der Waals surface area contributed by atoms with Gasteiger partial charge in [-0.3, -0.25) is 9.97 Å². The van der Waals surface area contributed by atoms with E-state index in [0.717, 1.165) is 0 Å². The lowest BCUT2D eigenvalue weighted by Crippen LogP contribution is -2.43. The first-order chi connectivity index (χ1) is 10.3. The second-order valence-electron chi connectivity index (χ2n) is 5.82. The van der Waals surface area contributed by atoms with Crippen LogP contribution in [-0.2, 0) is 20.8 Å². The maximum absolute atomic E-state index is 12.3. The van der Waals surface area contributed by atoms with Crippen LogP contribution >= 0.6 is 0 Å². The Bertz CT molecular complexity index is 426. The van der Waals surface area contributed by atoms with E-state index in [1.165, 1.54) is 14.2 Å². The summed E-state index contributed by atoms with van der Waals surface area (Å²) in [6.45, 7) is 5.61. The average Bonchev–Trinajstić information content (AvgIpc) is 2.47. The summed E-state index contributed by atoms with van der Waals surface area (Å²) in [6.07, 6.45) is 3.27. The van der Waals surface area contributed by atoms with E-state index in [9.17, 15) is 9.66 Å². The van der Waals surface area contributed by atoms with Gasteiger partial charge in [0, 0.05) is 44.4 Å². The molecule has 0 aromatic carbocycles. The number of nitrogens with zero attached hydrogens (tertiary/aromatic N) is 2. The molecule has 0 amide bonds. The second-order valence-corrected chi connectivity index (χ2v) is 7.82. The van der Waals surface area contributed by atoms with Gasteiger partial charge < -0.3 is 19.1 Å². The van der Waals surface area contributed by atoms with Gasteiger partial charge in [0.2, 0.25) is 0 Å². The Morgan fingerprint density at radius 1 is 1.32 bits per heavy atom. The van der Waals surface area contributed by atoms with Crippen LogP contribution in [0.25, 0.3) is 0 Å². The number of methoxy groups -OCH3 is 2. The van der Waals surface area contributed by atoms with Crippen molar-refractivity contribution in [1.29, 1.82) is 0 Å². The largest absolute Gasteiger partial charge is 0.598 e. The summed E-state index contributed by atoms with van der Waals surface area (Å²) in [5.41, 5.74) is 0.602. The molecule has 0 saturated carbocycles. The lowest BCUT2D eigenvalue weighted by Gasteiger charge is -2.29. The minimum absolute atomic E-state index is 0.229. The van der Waals surface area contributed by atoms with Crippen LogP contribution in [-0.4, -0.2) is 51.0 Å². The Kier molecular flexibility index (Phi) is 7.67. The normalized spacial score (nSPS) is 16.5. The predicted molar refractivity (Wildman–Crippen MR) is 84.2 cm³/mol. The highest BCUT2D eigenvalue weighted by Crippen LogP contribution is 2.23. The number of hydrogen-bond donors (Lipinski definition) is 2. The van der Waals surface area contributed by atoms with Crippen LogP contribution in [0.5, 0.6) is 0 Å². The van der Waals surface area contributed by atoms with Crippen molar-refractivity contribution in [2.24, 2.45) is 0 Å². The monoisotopic (exact) mass is 331 g/mol. The van der Waals surface area contributed by atoms with Gasteiger partial charge in [-0.15, -0.1) is 4.72 Å². The third-order valence-electron chi connectivity index (χ3n) is 3.00. The summed E-state index contributed by atoms with van der Waals surface area (Å²) in [7, 11) is 2.91. The smallest absolute Gasteiger partial charge is 0.182 e. The SMILES string of the molecule is COC(OC)C(O)CC(N[S@+]([O-])C(C)(C)C)c1cnccn1. The highest BCUT2D eigenvalue weighted by atomic mass is 32.2. The summed E-state index contributed by atoms with van der Waals surface area (Å²) < 4.78 is 25.0. The molecule has 0 aliphatic heterocycles. The van der Waals surface area contributed by atoms with E-state index in [4.69, 9.17) is 9.47 Å². The van der Waals surface area contributed by atoms with Crippen molar-refractivity contribution in [2.75, 3.05) is 14.2 Å². The van der Waals surface area contributed by atoms with Crippen molar-refractivity contribution < 1.29 is 19.1 Å². The third kappa shape index (κ3) is 5.79. The molecule has 0 aliphatic rings. The maximum atomic E-state index is 12.3. The van der Waals surface area contributed by atoms with Gasteiger partial charge in [0.15, 0.2) is 6.29 Å². The summed E-state index contributed by atoms with van der Waals surface area (Å²) in [5.74, 6) is 0. The van der Waals surface area contributed by atoms with E-state index in [1.807, 2.05) is 20.8 Å². The van der Waals surface area contributed by atoms with Gasteiger partial charge in [0.05, 0.1) is 17.9 Å². The molecule has 126 valence electrons. The molecule has 0 bridgehead atoms. The lowest BCUT2D eigenvalue weighted by atomic mass is 10.1. The molecule has 0 fully saturated rings. The molecule has 8 heteroatoms. The zero-order valence-corrected chi connectivity index (χ0v) is 14.5. The van der Waals surface area contributed by atoms with Crippen LogP contribution in [0.15, 0.2) is 18.6 Å². The van der Waals surface area contributed by atoms with Crippen LogP contribution in [0.1, 0.15) is 38.9 Å². The average molecular weight is 331 g/mol. The summed E-state index contributed by atoms with van der Waals surface area (Å²) in [4.78, 5) is 8.25. The molecule has 0 aliphatic carbocycles. The molecule has 0 radical (unpaired) electrons. The van der Waals surface area contributed by atoms with Gasteiger partial charge >= 0.3 is 0 Å². The van der Waals surface area contributed by atoms with Crippen LogP contribution in [0.3, 0.4) is 0 Å². The zero-order chi connectivity index (χ0) is 16.8. The van der Waals surface area contributed by atoms with E-state index < -0.39 is 34.5 Å². The van der Waals surface area contributed by atoms with Gasteiger partial charge in [0.1, 0.15) is 10.9 Å². The minimum Gasteiger partial charge on any atom is -0.598 e. The Labute approximate surface area is 134 Å². The Morgan fingerprint density at radius 3 is 2.41 bits per heavy atom. The molecule has 3 atom stereocenters. The number of aliphatic hydroxyl groups is 1. The van der Waals surface area contributed by atoms with Gasteiger partial charge in [-0.2, -0.15) is 0 Å². The number of hydrogen-bond acceptors (Lipinski definition) is 7. The molecule has 1 aromatic heterocycles. The fraction of sp³-hybridized carbons (Fsp3) is 0.714. The Balaban J connectivity index is 2.88. The van der Waals surface area contributed by atoms with Crippen molar-refractivity contribution in [2.45, 2.75) is 50.4 Å². The fourth-order valence-corrected chi connectivity index (χ4v) is 2.62. The quantitative estimate of drug-likeness (QED) is 0.540. The van der Waals surface area contributed by atoms with Gasteiger partial charge in [0.25, 0.3) is 0 Å². The van der Waals surface area contributed by atoms with Crippen LogP contribution in [0.2, 0.25) is 0 Å². The van der Waals surface area contributed by atoms with Gasteiger partial charge in [-0.05, 0) is 20.8 Å². The first kappa shape index (κ1) is 19.3. The van der Waals surface area contributed by atoms with Crippen LogP contribution < -0.4 is 4.72 Å². The topological polar surface area (TPSA) is 99.6 Å². The molecule has 22 heavy (non-hydrogen) atoms. The highest BCUT2D eigenvalue weighted by Gasteiger charge is 2.33. The van der Waals surface area contributed by atoms with Crippen molar-refractivity contribution in [3.05, 3.63) is 24.3 Å². The summed E-state index contributed by atoms with van der Waals surface area (Å²) >= 11 is -1.31. The first-order valence-electron chi connectivity index (χ1n) is 6.97. The standard InChI is InChI=1S/C14H25N3O4S/c1-14(2,3)22(19)17-10(11-9-15-6-7-16-11)8-12(18)13(20-4)21-5/h6-7,9-10,12-13,17-18H,8H2,1-5H3/t10?,12?,22-/m1/s1. The molecule has 1 aromatic rings. The van der Waals surface area contributed by atoms with Crippen molar-refractivity contribution in [3.63, 3.8) is 0 Å². The first-order valence-corrected chi connectivity index (χ1v) is 8.12. The molecule has 1 heterocycles. The van der Waals surface area contributed by atoms with E-state index in [0.29, 0.717) is 5.69 Å². The van der Waals surface area contributed by atoms with Crippen molar-refractivity contribution >= 4 is 11.4 Å². The number of ether oxygens (including phenoxy) is 2. The molecule has 2 unspecified atom stereocenters. The predicted octanol–water partition coefficient (Wildman–Crippen LogP) is 0.939.